The monoisotopic (exact) mass is 413 g/mol. The van der Waals surface area contributed by atoms with Gasteiger partial charge in [0.2, 0.25) is 0 Å². The molecular formula is C28H47NO. The van der Waals surface area contributed by atoms with E-state index in [1.807, 2.05) is 6.20 Å². The molecule has 0 spiro atoms. The van der Waals surface area contributed by atoms with E-state index >= 15 is 0 Å². The fraction of sp³-hybridized carbons (Fsp3) is 0.821. The second-order valence-electron chi connectivity index (χ2n) is 10.3. The number of ether oxygens (including phenoxy) is 1. The number of hydrogen-bond donors (Lipinski definition) is 0. The molecule has 1 aromatic rings. The third kappa shape index (κ3) is 7.89. The van der Waals surface area contributed by atoms with Gasteiger partial charge < -0.3 is 4.74 Å². The van der Waals surface area contributed by atoms with Crippen molar-refractivity contribution in [1.82, 2.24) is 4.98 Å². The normalized spacial score (nSPS) is 27.1. The molecule has 0 bridgehead atoms. The number of nitrogens with zero attached hydrogens (tertiary/aromatic N) is 1. The summed E-state index contributed by atoms with van der Waals surface area (Å²) in [6, 6.07) is 4.29. The summed E-state index contributed by atoms with van der Waals surface area (Å²) in [5, 5.41) is 0. The van der Waals surface area contributed by atoms with Crippen LogP contribution in [-0.2, 0) is 6.42 Å². The Hall–Kier alpha value is -1.05. The van der Waals surface area contributed by atoms with Crippen LogP contribution in [0.2, 0.25) is 0 Å². The number of hydrogen-bond acceptors (Lipinski definition) is 2. The average Bonchev–Trinajstić information content (AvgIpc) is 2.81. The lowest BCUT2D eigenvalue weighted by molar-refractivity contribution is 0.140. The SMILES string of the molecule is CCCCCOc1ccc(CCC2CCC(C3CCC(CCCC)CC3)CC2)nc1. The number of rotatable bonds is 12. The van der Waals surface area contributed by atoms with E-state index < -0.39 is 0 Å². The van der Waals surface area contributed by atoms with Gasteiger partial charge >= 0.3 is 0 Å². The highest BCUT2D eigenvalue weighted by Crippen LogP contribution is 2.43. The Bertz CT molecular complexity index is 553. The molecule has 2 saturated carbocycles. The maximum Gasteiger partial charge on any atom is 0.137 e. The zero-order valence-electron chi connectivity index (χ0n) is 19.9. The molecule has 0 radical (unpaired) electrons. The first kappa shape index (κ1) is 23.6. The third-order valence-corrected chi connectivity index (χ3v) is 8.04. The Morgan fingerprint density at radius 1 is 0.767 bits per heavy atom. The third-order valence-electron chi connectivity index (χ3n) is 8.04. The second-order valence-corrected chi connectivity index (χ2v) is 10.3. The highest BCUT2D eigenvalue weighted by atomic mass is 16.5. The molecule has 0 N–H and O–H groups in total. The first-order valence-corrected chi connectivity index (χ1v) is 13.4. The molecule has 170 valence electrons. The molecule has 2 aliphatic rings. The van der Waals surface area contributed by atoms with Crippen molar-refractivity contribution in [3.05, 3.63) is 24.0 Å². The molecular weight excluding hydrogens is 366 g/mol. The van der Waals surface area contributed by atoms with Crippen LogP contribution in [0.1, 0.15) is 116 Å². The molecule has 0 amide bonds. The van der Waals surface area contributed by atoms with E-state index in [-0.39, 0.29) is 0 Å². The molecule has 0 unspecified atom stereocenters. The summed E-state index contributed by atoms with van der Waals surface area (Å²) in [5.41, 5.74) is 1.24. The lowest BCUT2D eigenvalue weighted by Gasteiger charge is -2.38. The van der Waals surface area contributed by atoms with E-state index in [0.29, 0.717) is 0 Å². The second kappa shape index (κ2) is 13.4. The first-order chi connectivity index (χ1) is 14.8. The maximum atomic E-state index is 5.79. The van der Waals surface area contributed by atoms with Crippen LogP contribution >= 0.6 is 0 Å². The quantitative estimate of drug-likeness (QED) is 0.321. The summed E-state index contributed by atoms with van der Waals surface area (Å²) in [4.78, 5) is 4.65. The molecule has 1 heterocycles. The largest absolute Gasteiger partial charge is 0.492 e. The van der Waals surface area contributed by atoms with E-state index in [1.54, 1.807) is 0 Å². The Labute approximate surface area is 186 Å². The van der Waals surface area contributed by atoms with Crippen LogP contribution in [-0.4, -0.2) is 11.6 Å². The van der Waals surface area contributed by atoms with Gasteiger partial charge in [-0.05, 0) is 80.8 Å². The molecule has 30 heavy (non-hydrogen) atoms. The number of pyridine rings is 1. The van der Waals surface area contributed by atoms with Crippen LogP contribution in [0.25, 0.3) is 0 Å². The van der Waals surface area contributed by atoms with Gasteiger partial charge in [0.25, 0.3) is 0 Å². The molecule has 0 atom stereocenters. The van der Waals surface area contributed by atoms with Gasteiger partial charge in [-0.25, -0.2) is 0 Å². The van der Waals surface area contributed by atoms with Crippen molar-refractivity contribution < 1.29 is 4.74 Å². The molecule has 0 aliphatic heterocycles. The van der Waals surface area contributed by atoms with E-state index in [1.165, 1.54) is 95.6 Å². The Morgan fingerprint density at radius 3 is 1.97 bits per heavy atom. The average molecular weight is 414 g/mol. The lowest BCUT2D eigenvalue weighted by atomic mass is 9.68. The summed E-state index contributed by atoms with van der Waals surface area (Å²) in [6.07, 6.45) is 24.3. The smallest absolute Gasteiger partial charge is 0.137 e. The van der Waals surface area contributed by atoms with Crippen LogP contribution in [0.4, 0.5) is 0 Å². The van der Waals surface area contributed by atoms with Gasteiger partial charge in [-0.1, -0.05) is 71.6 Å². The minimum atomic E-state index is 0.818. The highest BCUT2D eigenvalue weighted by molar-refractivity contribution is 5.19. The number of unbranched alkanes of at least 4 members (excludes halogenated alkanes) is 3. The summed E-state index contributed by atoms with van der Waals surface area (Å²) in [5.74, 6) is 5.00. The molecule has 2 fully saturated rings. The van der Waals surface area contributed by atoms with Crippen molar-refractivity contribution >= 4 is 0 Å². The molecule has 2 aliphatic carbocycles. The number of aryl methyl sites for hydroxylation is 1. The highest BCUT2D eigenvalue weighted by Gasteiger charge is 2.30. The van der Waals surface area contributed by atoms with Gasteiger partial charge in [-0.15, -0.1) is 0 Å². The Morgan fingerprint density at radius 2 is 1.40 bits per heavy atom. The van der Waals surface area contributed by atoms with Crippen molar-refractivity contribution in [3.63, 3.8) is 0 Å². The van der Waals surface area contributed by atoms with Gasteiger partial charge in [-0.2, -0.15) is 0 Å². The van der Waals surface area contributed by atoms with Crippen molar-refractivity contribution in [3.8, 4) is 5.75 Å². The number of aromatic nitrogens is 1. The van der Waals surface area contributed by atoms with Crippen LogP contribution < -0.4 is 4.74 Å². The Balaban J connectivity index is 1.30. The van der Waals surface area contributed by atoms with Crippen LogP contribution in [0, 0.1) is 23.7 Å². The predicted molar refractivity (Wildman–Crippen MR) is 128 cm³/mol. The lowest BCUT2D eigenvalue weighted by Crippen LogP contribution is -2.26. The minimum absolute atomic E-state index is 0.818. The van der Waals surface area contributed by atoms with Crippen LogP contribution in [0.5, 0.6) is 5.75 Å². The van der Waals surface area contributed by atoms with E-state index in [2.05, 4.69) is 31.0 Å². The van der Waals surface area contributed by atoms with Crippen molar-refractivity contribution in [2.24, 2.45) is 23.7 Å². The van der Waals surface area contributed by atoms with Crippen molar-refractivity contribution in [2.75, 3.05) is 6.61 Å². The summed E-state index contributed by atoms with van der Waals surface area (Å²) < 4.78 is 5.79. The standard InChI is InChI=1S/C28H47NO/c1-3-5-7-21-30-28-20-19-27(29-22-28)18-13-24-11-16-26(17-12-24)25-14-9-23(10-15-25)8-6-4-2/h19-20,22-26H,3-18,21H2,1-2H3. The summed E-state index contributed by atoms with van der Waals surface area (Å²) >= 11 is 0. The summed E-state index contributed by atoms with van der Waals surface area (Å²) in [6.45, 7) is 5.38. The molecule has 0 aromatic carbocycles. The molecule has 2 heteroatoms. The Kier molecular flexibility index (Phi) is 10.5. The zero-order chi connectivity index (χ0) is 21.0. The van der Waals surface area contributed by atoms with Gasteiger partial charge in [0.15, 0.2) is 0 Å². The fourth-order valence-electron chi connectivity index (χ4n) is 5.93. The topological polar surface area (TPSA) is 22.1 Å². The first-order valence-electron chi connectivity index (χ1n) is 13.4. The van der Waals surface area contributed by atoms with E-state index in [0.717, 1.165) is 48.9 Å². The van der Waals surface area contributed by atoms with Crippen molar-refractivity contribution in [2.45, 2.75) is 117 Å². The zero-order valence-corrected chi connectivity index (χ0v) is 19.9. The van der Waals surface area contributed by atoms with Crippen LogP contribution in [0.15, 0.2) is 18.3 Å². The fourth-order valence-corrected chi connectivity index (χ4v) is 5.93. The van der Waals surface area contributed by atoms with Gasteiger partial charge in [0.05, 0.1) is 12.8 Å². The van der Waals surface area contributed by atoms with Crippen LogP contribution in [0.3, 0.4) is 0 Å². The molecule has 1 aromatic heterocycles. The predicted octanol–water partition coefficient (Wildman–Crippen LogP) is 8.39. The minimum Gasteiger partial charge on any atom is -0.492 e. The van der Waals surface area contributed by atoms with Gasteiger partial charge in [-0.3, -0.25) is 4.98 Å². The van der Waals surface area contributed by atoms with Gasteiger partial charge in [0, 0.05) is 5.69 Å². The van der Waals surface area contributed by atoms with Gasteiger partial charge in [0.1, 0.15) is 5.75 Å². The van der Waals surface area contributed by atoms with E-state index in [9.17, 15) is 0 Å². The molecule has 0 saturated heterocycles. The molecule has 2 nitrogen and oxygen atoms in total. The molecule has 3 rings (SSSR count). The maximum absolute atomic E-state index is 5.79. The summed E-state index contributed by atoms with van der Waals surface area (Å²) in [7, 11) is 0. The van der Waals surface area contributed by atoms with E-state index in [4.69, 9.17) is 4.74 Å². The van der Waals surface area contributed by atoms with Crippen molar-refractivity contribution in [1.29, 1.82) is 0 Å².